The van der Waals surface area contributed by atoms with Crippen molar-refractivity contribution >= 4 is 29.9 Å². The van der Waals surface area contributed by atoms with E-state index in [1.807, 2.05) is 6.07 Å². The van der Waals surface area contributed by atoms with Crippen molar-refractivity contribution in [3.05, 3.63) is 17.5 Å². The Hall–Kier alpha value is -0.790. The largest absolute Gasteiger partial charge is 0.359 e. The zero-order valence-corrected chi connectivity index (χ0v) is 17.9. The summed E-state index contributed by atoms with van der Waals surface area (Å²) in [6.45, 7) is 11.0. The van der Waals surface area contributed by atoms with Crippen LogP contribution in [0.5, 0.6) is 0 Å². The molecule has 1 heterocycles. The van der Waals surface area contributed by atoms with Gasteiger partial charge in [0, 0.05) is 19.2 Å². The molecule has 0 unspecified atom stereocenters. The minimum absolute atomic E-state index is 0. The van der Waals surface area contributed by atoms with E-state index in [-0.39, 0.29) is 24.0 Å². The number of guanidine groups is 1. The second-order valence-electron chi connectivity index (χ2n) is 6.98. The molecule has 1 aromatic rings. The van der Waals surface area contributed by atoms with Gasteiger partial charge in [-0.05, 0) is 37.5 Å². The fourth-order valence-electron chi connectivity index (χ4n) is 3.23. The second kappa shape index (κ2) is 10.3. The number of hydrogen-bond acceptors (Lipinski definition) is 3. The molecule has 6 heteroatoms. The zero-order valence-electron chi connectivity index (χ0n) is 15.5. The van der Waals surface area contributed by atoms with Crippen LogP contribution >= 0.6 is 24.0 Å². The van der Waals surface area contributed by atoms with Gasteiger partial charge < -0.3 is 15.2 Å². The van der Waals surface area contributed by atoms with Gasteiger partial charge in [-0.1, -0.05) is 38.8 Å². The smallest absolute Gasteiger partial charge is 0.191 e. The van der Waals surface area contributed by atoms with Crippen LogP contribution in [0.15, 0.2) is 15.6 Å². The summed E-state index contributed by atoms with van der Waals surface area (Å²) < 4.78 is 5.36. The monoisotopic (exact) mass is 448 g/mol. The normalized spacial score (nSPS) is 17.0. The molecule has 0 aliphatic heterocycles. The molecule has 0 spiro atoms. The topological polar surface area (TPSA) is 62.5 Å². The van der Waals surface area contributed by atoms with Gasteiger partial charge >= 0.3 is 0 Å². The molecule has 138 valence electrons. The number of aromatic nitrogens is 1. The molecule has 24 heavy (non-hydrogen) atoms. The molecule has 1 saturated carbocycles. The first-order valence-electron chi connectivity index (χ1n) is 9.06. The van der Waals surface area contributed by atoms with E-state index in [0.29, 0.717) is 17.9 Å². The number of aliphatic imine (C=N–C) groups is 1. The molecule has 1 aromatic heterocycles. The van der Waals surface area contributed by atoms with Gasteiger partial charge in [0.15, 0.2) is 11.7 Å². The molecule has 2 rings (SSSR count). The van der Waals surface area contributed by atoms with E-state index in [1.54, 1.807) is 0 Å². The van der Waals surface area contributed by atoms with Gasteiger partial charge in [-0.3, -0.25) is 0 Å². The van der Waals surface area contributed by atoms with Crippen LogP contribution in [0.1, 0.15) is 77.2 Å². The molecular formula is C18H33IN4O. The molecule has 5 nitrogen and oxygen atoms in total. The second-order valence-corrected chi connectivity index (χ2v) is 6.98. The Kier molecular flexibility index (Phi) is 9.08. The summed E-state index contributed by atoms with van der Waals surface area (Å²) in [5, 5.41) is 10.9. The highest BCUT2D eigenvalue weighted by Gasteiger charge is 2.31. The Morgan fingerprint density at radius 2 is 2.00 bits per heavy atom. The molecule has 0 aromatic carbocycles. The maximum absolute atomic E-state index is 5.36. The predicted octanol–water partition coefficient (Wildman–Crippen LogP) is 4.44. The lowest BCUT2D eigenvalue weighted by Gasteiger charge is -2.28. The first-order chi connectivity index (χ1) is 11.1. The van der Waals surface area contributed by atoms with Crippen LogP contribution in [0.4, 0.5) is 0 Å². The molecule has 0 amide bonds. The Labute approximate surface area is 163 Å². The highest BCUT2D eigenvalue weighted by atomic mass is 127. The van der Waals surface area contributed by atoms with Gasteiger partial charge in [0.25, 0.3) is 0 Å². The van der Waals surface area contributed by atoms with Crippen molar-refractivity contribution in [3.8, 4) is 0 Å². The summed E-state index contributed by atoms with van der Waals surface area (Å²) in [5.74, 6) is 2.07. The van der Waals surface area contributed by atoms with Crippen molar-refractivity contribution in [2.24, 2.45) is 10.4 Å². The number of nitrogens with one attached hydrogen (secondary N) is 2. The fraction of sp³-hybridized carbons (Fsp3) is 0.778. The Morgan fingerprint density at radius 1 is 1.29 bits per heavy atom. The quantitative estimate of drug-likeness (QED) is 0.368. The van der Waals surface area contributed by atoms with E-state index in [2.05, 4.69) is 48.5 Å². The average molecular weight is 448 g/mol. The minimum Gasteiger partial charge on any atom is -0.359 e. The van der Waals surface area contributed by atoms with Crippen LogP contribution in [-0.2, 0) is 6.54 Å². The molecule has 0 saturated heterocycles. The van der Waals surface area contributed by atoms with Crippen LogP contribution in [-0.4, -0.2) is 24.2 Å². The van der Waals surface area contributed by atoms with E-state index < -0.39 is 0 Å². The lowest BCUT2D eigenvalue weighted by atomic mass is 9.83. The first kappa shape index (κ1) is 21.3. The summed E-state index contributed by atoms with van der Waals surface area (Å²) in [6, 6.07) is 2.00. The van der Waals surface area contributed by atoms with Crippen molar-refractivity contribution in [3.63, 3.8) is 0 Å². The van der Waals surface area contributed by atoms with Crippen molar-refractivity contribution in [2.75, 3.05) is 13.1 Å². The molecule has 0 atom stereocenters. The Bertz CT molecular complexity index is 507. The minimum atomic E-state index is 0. The van der Waals surface area contributed by atoms with Crippen LogP contribution in [0, 0.1) is 5.41 Å². The molecule has 2 N–H and O–H groups in total. The standard InChI is InChI=1S/C18H32N4O.HI/c1-5-18(9-7-8-10-18)13-21-17(19-6-2)20-12-15-11-16(14(3)4)22-23-15;/h11,14H,5-10,12-13H2,1-4H3,(H2,19,20,21);1H. The summed E-state index contributed by atoms with van der Waals surface area (Å²) in [6.07, 6.45) is 6.61. The predicted molar refractivity (Wildman–Crippen MR) is 110 cm³/mol. The number of rotatable bonds is 7. The third kappa shape index (κ3) is 5.93. The number of nitrogens with zero attached hydrogens (tertiary/aromatic N) is 2. The third-order valence-corrected chi connectivity index (χ3v) is 4.95. The van der Waals surface area contributed by atoms with E-state index in [1.165, 1.54) is 32.1 Å². The van der Waals surface area contributed by atoms with Gasteiger partial charge in [-0.25, -0.2) is 4.99 Å². The lowest BCUT2D eigenvalue weighted by molar-refractivity contribution is 0.283. The first-order valence-corrected chi connectivity index (χ1v) is 9.06. The lowest BCUT2D eigenvalue weighted by Crippen LogP contribution is -2.42. The molecule has 1 aliphatic rings. The maximum Gasteiger partial charge on any atom is 0.191 e. The Balaban J connectivity index is 0.00000288. The average Bonchev–Trinajstić information content (AvgIpc) is 3.20. The summed E-state index contributed by atoms with van der Waals surface area (Å²) in [5.41, 5.74) is 1.44. The van der Waals surface area contributed by atoms with Gasteiger partial charge in [0.05, 0.1) is 5.69 Å². The number of hydrogen-bond donors (Lipinski definition) is 2. The molecular weight excluding hydrogens is 415 g/mol. The van der Waals surface area contributed by atoms with Crippen molar-refractivity contribution in [1.82, 2.24) is 15.8 Å². The van der Waals surface area contributed by atoms with Gasteiger partial charge in [0.2, 0.25) is 0 Å². The molecule has 0 radical (unpaired) electrons. The van der Waals surface area contributed by atoms with Crippen LogP contribution in [0.2, 0.25) is 0 Å². The van der Waals surface area contributed by atoms with Crippen molar-refractivity contribution < 1.29 is 4.52 Å². The van der Waals surface area contributed by atoms with E-state index in [0.717, 1.165) is 30.5 Å². The fourth-order valence-corrected chi connectivity index (χ4v) is 3.23. The summed E-state index contributed by atoms with van der Waals surface area (Å²) >= 11 is 0. The summed E-state index contributed by atoms with van der Waals surface area (Å²) in [4.78, 5) is 4.64. The van der Waals surface area contributed by atoms with E-state index >= 15 is 0 Å². The SMILES string of the molecule is CCNC(=NCc1cc(C(C)C)no1)NCC1(CC)CCCC1.I. The van der Waals surface area contributed by atoms with Crippen LogP contribution in [0.25, 0.3) is 0 Å². The van der Waals surface area contributed by atoms with Crippen LogP contribution in [0.3, 0.4) is 0 Å². The van der Waals surface area contributed by atoms with Crippen molar-refractivity contribution in [2.45, 2.75) is 72.3 Å². The van der Waals surface area contributed by atoms with Crippen LogP contribution < -0.4 is 10.6 Å². The van der Waals surface area contributed by atoms with Gasteiger partial charge in [-0.15, -0.1) is 24.0 Å². The van der Waals surface area contributed by atoms with Gasteiger partial charge in [0.1, 0.15) is 6.54 Å². The Morgan fingerprint density at radius 3 is 2.54 bits per heavy atom. The molecule has 0 bridgehead atoms. The zero-order chi connectivity index (χ0) is 16.7. The highest BCUT2D eigenvalue weighted by molar-refractivity contribution is 14.0. The molecule has 1 fully saturated rings. The van der Waals surface area contributed by atoms with E-state index in [4.69, 9.17) is 4.52 Å². The number of halogens is 1. The van der Waals surface area contributed by atoms with Crippen molar-refractivity contribution in [1.29, 1.82) is 0 Å². The molecule has 1 aliphatic carbocycles. The van der Waals surface area contributed by atoms with E-state index in [9.17, 15) is 0 Å². The third-order valence-electron chi connectivity index (χ3n) is 4.95. The maximum atomic E-state index is 5.36. The summed E-state index contributed by atoms with van der Waals surface area (Å²) in [7, 11) is 0. The van der Waals surface area contributed by atoms with Gasteiger partial charge in [-0.2, -0.15) is 0 Å². The highest BCUT2D eigenvalue weighted by Crippen LogP contribution is 2.40.